The van der Waals surface area contributed by atoms with E-state index in [0.29, 0.717) is 10.9 Å². The van der Waals surface area contributed by atoms with E-state index in [1.807, 2.05) is 18.2 Å². The van der Waals surface area contributed by atoms with Gasteiger partial charge in [0.15, 0.2) is 0 Å². The smallest absolute Gasteiger partial charge is 0.0806 e. The third kappa shape index (κ3) is 2.12. The summed E-state index contributed by atoms with van der Waals surface area (Å²) in [5.74, 6) is 0.849. The van der Waals surface area contributed by atoms with Crippen molar-refractivity contribution >= 4 is 22.9 Å². The fraction of sp³-hybridized carbons (Fsp3) is 0.417. The van der Waals surface area contributed by atoms with E-state index in [1.165, 1.54) is 24.8 Å². The van der Waals surface area contributed by atoms with Crippen molar-refractivity contribution in [2.75, 3.05) is 5.73 Å². The number of benzene rings is 1. The molecule has 80 valence electrons. The Bertz CT molecular complexity index is 372. The second-order valence-corrected chi connectivity index (χ2v) is 4.71. The Morgan fingerprint density at radius 1 is 1.40 bits per heavy atom. The lowest BCUT2D eigenvalue weighted by Crippen LogP contribution is -2.30. The molecule has 0 aliphatic heterocycles. The van der Waals surface area contributed by atoms with E-state index in [-0.39, 0.29) is 5.92 Å². The molecule has 0 bridgehead atoms. The fourth-order valence-electron chi connectivity index (χ4n) is 2.19. The monoisotopic (exact) mass is 220 g/mol. The van der Waals surface area contributed by atoms with E-state index in [0.717, 1.165) is 5.69 Å². The zero-order valence-electron chi connectivity index (χ0n) is 8.65. The summed E-state index contributed by atoms with van der Waals surface area (Å²) in [4.78, 5) is 0.602. The van der Waals surface area contributed by atoms with Gasteiger partial charge in [-0.25, -0.2) is 0 Å². The van der Waals surface area contributed by atoms with Gasteiger partial charge in [0.05, 0.1) is 4.99 Å². The summed E-state index contributed by atoms with van der Waals surface area (Å²) in [6, 6.07) is 7.91. The molecule has 1 saturated carbocycles. The lowest BCUT2D eigenvalue weighted by atomic mass is 9.73. The van der Waals surface area contributed by atoms with Crippen LogP contribution in [0, 0.1) is 5.92 Å². The Labute approximate surface area is 95.7 Å². The zero-order valence-corrected chi connectivity index (χ0v) is 9.46. The van der Waals surface area contributed by atoms with Gasteiger partial charge in [-0.15, -0.1) is 0 Å². The van der Waals surface area contributed by atoms with Crippen molar-refractivity contribution in [3.8, 4) is 0 Å². The van der Waals surface area contributed by atoms with Gasteiger partial charge in [0.2, 0.25) is 0 Å². The fourth-order valence-corrected chi connectivity index (χ4v) is 2.52. The van der Waals surface area contributed by atoms with Crippen molar-refractivity contribution in [1.29, 1.82) is 0 Å². The van der Waals surface area contributed by atoms with Crippen molar-refractivity contribution in [3.63, 3.8) is 0 Å². The van der Waals surface area contributed by atoms with E-state index >= 15 is 0 Å². The summed E-state index contributed by atoms with van der Waals surface area (Å²) in [7, 11) is 0. The minimum atomic E-state index is 0.220. The van der Waals surface area contributed by atoms with Gasteiger partial charge in [0.25, 0.3) is 0 Å². The molecule has 1 fully saturated rings. The van der Waals surface area contributed by atoms with Gasteiger partial charge < -0.3 is 11.5 Å². The molecule has 2 nitrogen and oxygen atoms in total. The largest absolute Gasteiger partial charge is 0.399 e. The van der Waals surface area contributed by atoms with Gasteiger partial charge in [0, 0.05) is 11.6 Å². The molecule has 1 aliphatic rings. The Kier molecular flexibility index (Phi) is 2.91. The highest BCUT2D eigenvalue weighted by Gasteiger charge is 2.30. The van der Waals surface area contributed by atoms with Gasteiger partial charge >= 0.3 is 0 Å². The Morgan fingerprint density at radius 2 is 2.13 bits per heavy atom. The molecule has 0 heterocycles. The molecule has 1 aromatic carbocycles. The number of thiocarbonyl (C=S) groups is 1. The van der Waals surface area contributed by atoms with Crippen LogP contribution in [0.5, 0.6) is 0 Å². The summed E-state index contributed by atoms with van der Waals surface area (Å²) in [6.45, 7) is 0. The van der Waals surface area contributed by atoms with E-state index in [4.69, 9.17) is 23.7 Å². The molecule has 15 heavy (non-hydrogen) atoms. The first kappa shape index (κ1) is 10.4. The van der Waals surface area contributed by atoms with E-state index in [2.05, 4.69) is 6.07 Å². The number of hydrogen-bond acceptors (Lipinski definition) is 2. The van der Waals surface area contributed by atoms with Crippen LogP contribution in [0.15, 0.2) is 24.3 Å². The van der Waals surface area contributed by atoms with Crippen molar-refractivity contribution in [2.45, 2.75) is 25.2 Å². The van der Waals surface area contributed by atoms with Crippen LogP contribution in [0.3, 0.4) is 0 Å². The summed E-state index contributed by atoms with van der Waals surface area (Å²) in [5.41, 5.74) is 13.6. The van der Waals surface area contributed by atoms with Crippen LogP contribution in [0.1, 0.15) is 30.7 Å². The average molecular weight is 220 g/mol. The summed E-state index contributed by atoms with van der Waals surface area (Å²) >= 11 is 5.16. The second kappa shape index (κ2) is 4.19. The topological polar surface area (TPSA) is 52.0 Å². The second-order valence-electron chi connectivity index (χ2n) is 4.24. The molecular formula is C12H16N2S. The number of anilines is 1. The lowest BCUT2D eigenvalue weighted by molar-refractivity contribution is 0.299. The molecule has 0 spiro atoms. The van der Waals surface area contributed by atoms with E-state index < -0.39 is 0 Å². The van der Waals surface area contributed by atoms with Crippen molar-refractivity contribution in [1.82, 2.24) is 0 Å². The molecule has 0 amide bonds. The van der Waals surface area contributed by atoms with Crippen LogP contribution in [0.25, 0.3) is 0 Å². The van der Waals surface area contributed by atoms with Crippen LogP contribution >= 0.6 is 12.2 Å². The van der Waals surface area contributed by atoms with Crippen LogP contribution in [-0.2, 0) is 0 Å². The Hall–Kier alpha value is -1.09. The third-order valence-electron chi connectivity index (χ3n) is 3.20. The zero-order chi connectivity index (χ0) is 10.8. The highest BCUT2D eigenvalue weighted by atomic mass is 32.1. The quantitative estimate of drug-likeness (QED) is 0.607. The number of nitrogen functional groups attached to an aromatic ring is 1. The average Bonchev–Trinajstić information content (AvgIpc) is 2.10. The van der Waals surface area contributed by atoms with Gasteiger partial charge in [-0.2, -0.15) is 0 Å². The predicted molar refractivity (Wildman–Crippen MR) is 67.7 cm³/mol. The number of hydrogen-bond donors (Lipinski definition) is 2. The standard InChI is InChI=1S/C12H16N2S/c13-10-6-2-5-9(7-10)11(12(14)15)8-3-1-4-8/h2,5-8,11H,1,3-4,13H2,(H2,14,15). The lowest BCUT2D eigenvalue weighted by Gasteiger charge is -2.33. The number of nitrogens with two attached hydrogens (primary N) is 2. The SMILES string of the molecule is NC(=S)C(c1cccc(N)c1)C1CCC1. The summed E-state index contributed by atoms with van der Waals surface area (Å²) < 4.78 is 0. The molecule has 0 saturated heterocycles. The summed E-state index contributed by atoms with van der Waals surface area (Å²) in [5, 5.41) is 0. The van der Waals surface area contributed by atoms with Gasteiger partial charge in [0.1, 0.15) is 0 Å². The van der Waals surface area contributed by atoms with Crippen LogP contribution in [0.4, 0.5) is 5.69 Å². The molecule has 2 rings (SSSR count). The maximum atomic E-state index is 5.82. The minimum absolute atomic E-state index is 0.220. The van der Waals surface area contributed by atoms with Gasteiger partial charge in [-0.1, -0.05) is 30.8 Å². The van der Waals surface area contributed by atoms with E-state index in [1.54, 1.807) is 0 Å². The minimum Gasteiger partial charge on any atom is -0.399 e. The van der Waals surface area contributed by atoms with Crippen LogP contribution in [-0.4, -0.2) is 4.99 Å². The first-order valence-corrected chi connectivity index (χ1v) is 5.74. The predicted octanol–water partition coefficient (Wildman–Crippen LogP) is 2.44. The third-order valence-corrected chi connectivity index (χ3v) is 3.45. The van der Waals surface area contributed by atoms with E-state index in [9.17, 15) is 0 Å². The highest BCUT2D eigenvalue weighted by molar-refractivity contribution is 7.80. The van der Waals surface area contributed by atoms with Gasteiger partial charge in [-0.05, 0) is 36.5 Å². The molecule has 1 aromatic rings. The molecule has 0 radical (unpaired) electrons. The van der Waals surface area contributed by atoms with Crippen molar-refractivity contribution in [3.05, 3.63) is 29.8 Å². The van der Waals surface area contributed by atoms with Crippen molar-refractivity contribution in [2.24, 2.45) is 11.7 Å². The Balaban J connectivity index is 2.27. The van der Waals surface area contributed by atoms with Gasteiger partial charge in [-0.3, -0.25) is 0 Å². The molecular weight excluding hydrogens is 204 g/mol. The van der Waals surface area contributed by atoms with Crippen LogP contribution in [0.2, 0.25) is 0 Å². The maximum Gasteiger partial charge on any atom is 0.0806 e. The van der Waals surface area contributed by atoms with Crippen molar-refractivity contribution < 1.29 is 0 Å². The molecule has 1 unspecified atom stereocenters. The normalized spacial score (nSPS) is 18.1. The first-order valence-electron chi connectivity index (χ1n) is 5.33. The number of rotatable bonds is 3. The first-order chi connectivity index (χ1) is 7.18. The molecule has 4 N–H and O–H groups in total. The summed E-state index contributed by atoms with van der Waals surface area (Å²) in [6.07, 6.45) is 3.76. The molecule has 0 aromatic heterocycles. The Morgan fingerprint density at radius 3 is 2.60 bits per heavy atom. The molecule has 1 aliphatic carbocycles. The molecule has 1 atom stereocenters. The van der Waals surface area contributed by atoms with Crippen LogP contribution < -0.4 is 11.5 Å². The molecule has 3 heteroatoms. The highest BCUT2D eigenvalue weighted by Crippen LogP contribution is 2.39. The maximum absolute atomic E-state index is 5.82.